The molecule has 0 unspecified atom stereocenters. The predicted octanol–water partition coefficient (Wildman–Crippen LogP) is -1.24. The number of hydrogen-bond donors (Lipinski definition) is 9. The van der Waals surface area contributed by atoms with Crippen LogP contribution in [0.5, 0.6) is 0 Å². The molecule has 0 fully saturated rings. The topological polar surface area (TPSA) is 294 Å². The van der Waals surface area contributed by atoms with Crippen LogP contribution in [-0.2, 0) is 0 Å². The Labute approximate surface area is 200 Å². The zero-order valence-corrected chi connectivity index (χ0v) is 19.1. The van der Waals surface area contributed by atoms with E-state index in [1.807, 2.05) is 0 Å². The molecule has 0 saturated heterocycles. The van der Waals surface area contributed by atoms with Gasteiger partial charge in [-0.1, -0.05) is 0 Å². The fraction of sp³-hybridized carbons (Fsp3) is 0.471. The van der Waals surface area contributed by atoms with Crippen molar-refractivity contribution in [3.8, 4) is 0 Å². The lowest BCUT2D eigenvalue weighted by molar-refractivity contribution is 0.778. The van der Waals surface area contributed by atoms with Crippen LogP contribution in [0.3, 0.4) is 0 Å². The lowest BCUT2D eigenvalue weighted by atomic mass is 10.3. The van der Waals surface area contributed by atoms with Crippen molar-refractivity contribution in [3.63, 3.8) is 0 Å². The van der Waals surface area contributed by atoms with E-state index in [0.717, 1.165) is 25.7 Å². The van der Waals surface area contributed by atoms with E-state index in [2.05, 4.69) is 66.1 Å². The third kappa shape index (κ3) is 8.94. The van der Waals surface area contributed by atoms with Crippen molar-refractivity contribution in [2.24, 2.45) is 0 Å². The van der Waals surface area contributed by atoms with Crippen LogP contribution in [0.25, 0.3) is 0 Å². The second kappa shape index (κ2) is 12.5. The summed E-state index contributed by atoms with van der Waals surface area (Å²) in [5.74, 6) is 1.92. The fourth-order valence-electron chi connectivity index (χ4n) is 2.83. The SMILES string of the molecule is Nc1nc(N)nc(NCCCCNc2nc(N)nc(NCCCCNc3nc(N)nc(N)n3)n2)n1. The van der Waals surface area contributed by atoms with Gasteiger partial charge in [-0.2, -0.15) is 44.9 Å². The Morgan fingerprint density at radius 2 is 0.571 bits per heavy atom. The summed E-state index contributed by atoms with van der Waals surface area (Å²) in [5, 5.41) is 12.4. The Hall–Kier alpha value is -4.77. The van der Waals surface area contributed by atoms with Gasteiger partial charge in [-0.3, -0.25) is 0 Å². The van der Waals surface area contributed by atoms with Gasteiger partial charge < -0.3 is 49.9 Å². The largest absolute Gasteiger partial charge is 0.368 e. The second-order valence-corrected chi connectivity index (χ2v) is 7.21. The molecular formula is C17H30N18. The highest BCUT2D eigenvalue weighted by Gasteiger charge is 2.05. The van der Waals surface area contributed by atoms with E-state index >= 15 is 0 Å². The van der Waals surface area contributed by atoms with E-state index in [0.29, 0.717) is 50.0 Å². The van der Waals surface area contributed by atoms with E-state index < -0.39 is 0 Å². The third-order valence-corrected chi connectivity index (χ3v) is 4.33. The number of unbranched alkanes of at least 4 members (excludes halogenated alkanes) is 2. The highest BCUT2D eigenvalue weighted by Crippen LogP contribution is 2.08. The minimum absolute atomic E-state index is 0.0749. The van der Waals surface area contributed by atoms with Crippen LogP contribution in [0, 0.1) is 0 Å². The van der Waals surface area contributed by atoms with E-state index in [4.69, 9.17) is 28.7 Å². The van der Waals surface area contributed by atoms with Crippen molar-refractivity contribution >= 4 is 53.5 Å². The average Bonchev–Trinajstić information content (AvgIpc) is 2.77. The van der Waals surface area contributed by atoms with Crippen LogP contribution in [0.15, 0.2) is 0 Å². The molecule has 3 aromatic rings. The molecule has 0 bridgehead atoms. The zero-order chi connectivity index (χ0) is 25.0. The summed E-state index contributed by atoms with van der Waals surface area (Å²) in [6.45, 7) is 2.56. The number of rotatable bonds is 14. The van der Waals surface area contributed by atoms with Crippen molar-refractivity contribution in [2.45, 2.75) is 25.7 Å². The van der Waals surface area contributed by atoms with E-state index in [1.165, 1.54) is 0 Å². The van der Waals surface area contributed by atoms with Gasteiger partial charge >= 0.3 is 0 Å². The first kappa shape index (κ1) is 24.9. The van der Waals surface area contributed by atoms with Gasteiger partial charge in [0.2, 0.25) is 53.5 Å². The number of nitrogens with two attached hydrogens (primary N) is 5. The Kier molecular flexibility index (Phi) is 8.85. The van der Waals surface area contributed by atoms with Crippen molar-refractivity contribution < 1.29 is 0 Å². The monoisotopic (exact) mass is 486 g/mol. The van der Waals surface area contributed by atoms with Gasteiger partial charge in [-0.15, -0.1) is 0 Å². The molecule has 0 amide bonds. The van der Waals surface area contributed by atoms with E-state index in [-0.39, 0.29) is 29.7 Å². The van der Waals surface area contributed by atoms with Crippen LogP contribution >= 0.6 is 0 Å². The standard InChI is InChI=1S/C17H30N18/c18-9-27-10(19)30-14(29-9)23-5-1-3-7-25-16-33-13(22)34-17(35-16)26-8-4-2-6-24-15-31-11(20)28-12(21)32-15/h1-8H2,(H5,18,19,23,27,29,30)(H5,20,21,24,28,31,32)(H4,22,25,26,33,34,35). The lowest BCUT2D eigenvalue weighted by Crippen LogP contribution is -2.14. The summed E-state index contributed by atoms with van der Waals surface area (Å²) in [5.41, 5.74) is 28.0. The molecule has 188 valence electrons. The number of nitrogens with zero attached hydrogens (tertiary/aromatic N) is 9. The van der Waals surface area contributed by atoms with Crippen LogP contribution < -0.4 is 49.9 Å². The first-order chi connectivity index (χ1) is 16.9. The highest BCUT2D eigenvalue weighted by atomic mass is 15.2. The van der Waals surface area contributed by atoms with Crippen LogP contribution in [0.2, 0.25) is 0 Å². The first-order valence-corrected chi connectivity index (χ1v) is 10.9. The van der Waals surface area contributed by atoms with Gasteiger partial charge in [0, 0.05) is 26.2 Å². The molecule has 0 aliphatic heterocycles. The van der Waals surface area contributed by atoms with Crippen LogP contribution in [0.1, 0.15) is 25.7 Å². The maximum atomic E-state index is 5.80. The zero-order valence-electron chi connectivity index (χ0n) is 19.1. The molecule has 0 aromatic carbocycles. The Balaban J connectivity index is 1.30. The molecule has 35 heavy (non-hydrogen) atoms. The van der Waals surface area contributed by atoms with Crippen molar-refractivity contribution in [2.75, 3.05) is 76.1 Å². The number of anilines is 9. The van der Waals surface area contributed by atoms with Gasteiger partial charge in [0.05, 0.1) is 0 Å². The molecule has 0 saturated carbocycles. The maximum absolute atomic E-state index is 5.80. The van der Waals surface area contributed by atoms with Crippen molar-refractivity contribution in [3.05, 3.63) is 0 Å². The molecule has 0 aliphatic carbocycles. The summed E-state index contributed by atoms with van der Waals surface area (Å²) in [6, 6.07) is 0. The summed E-state index contributed by atoms with van der Waals surface area (Å²) in [4.78, 5) is 35.8. The predicted molar refractivity (Wildman–Crippen MR) is 134 cm³/mol. The molecule has 3 heterocycles. The molecule has 0 radical (unpaired) electrons. The molecule has 3 rings (SSSR count). The smallest absolute Gasteiger partial charge is 0.229 e. The number of nitrogen functional groups attached to an aromatic ring is 5. The normalized spacial score (nSPS) is 10.6. The maximum Gasteiger partial charge on any atom is 0.229 e. The summed E-state index contributed by atoms with van der Waals surface area (Å²) >= 11 is 0. The molecule has 18 nitrogen and oxygen atoms in total. The van der Waals surface area contributed by atoms with E-state index in [1.54, 1.807) is 0 Å². The minimum atomic E-state index is 0.0749. The first-order valence-electron chi connectivity index (χ1n) is 10.9. The molecule has 0 atom stereocenters. The Morgan fingerprint density at radius 1 is 0.343 bits per heavy atom. The second-order valence-electron chi connectivity index (χ2n) is 7.21. The van der Waals surface area contributed by atoms with Crippen molar-refractivity contribution in [1.29, 1.82) is 0 Å². The highest BCUT2D eigenvalue weighted by molar-refractivity contribution is 5.40. The number of hydrogen-bond acceptors (Lipinski definition) is 18. The fourth-order valence-corrected chi connectivity index (χ4v) is 2.83. The molecule has 0 spiro atoms. The van der Waals surface area contributed by atoms with Crippen LogP contribution in [-0.4, -0.2) is 71.0 Å². The molecule has 3 aromatic heterocycles. The van der Waals surface area contributed by atoms with Gasteiger partial charge in [0.15, 0.2) is 0 Å². The number of nitrogens with one attached hydrogen (secondary N) is 4. The Bertz CT molecular complexity index is 968. The van der Waals surface area contributed by atoms with Gasteiger partial charge in [0.25, 0.3) is 0 Å². The van der Waals surface area contributed by atoms with Gasteiger partial charge in [-0.25, -0.2) is 0 Å². The van der Waals surface area contributed by atoms with Gasteiger partial charge in [-0.05, 0) is 25.7 Å². The average molecular weight is 487 g/mol. The molecule has 14 N–H and O–H groups in total. The minimum Gasteiger partial charge on any atom is -0.368 e. The summed E-state index contributed by atoms with van der Waals surface area (Å²) in [7, 11) is 0. The summed E-state index contributed by atoms with van der Waals surface area (Å²) in [6.07, 6.45) is 3.34. The van der Waals surface area contributed by atoms with Crippen molar-refractivity contribution in [1.82, 2.24) is 44.9 Å². The lowest BCUT2D eigenvalue weighted by Gasteiger charge is -2.09. The molecule has 0 aliphatic rings. The quantitative estimate of drug-likeness (QED) is 0.120. The third-order valence-electron chi connectivity index (χ3n) is 4.33. The van der Waals surface area contributed by atoms with Gasteiger partial charge in [0.1, 0.15) is 0 Å². The molecular weight excluding hydrogens is 456 g/mol. The number of aromatic nitrogens is 9. The summed E-state index contributed by atoms with van der Waals surface area (Å²) < 4.78 is 0. The van der Waals surface area contributed by atoms with Crippen LogP contribution in [0.4, 0.5) is 53.5 Å². The molecule has 18 heteroatoms. The Morgan fingerprint density at radius 3 is 0.857 bits per heavy atom. The van der Waals surface area contributed by atoms with E-state index in [9.17, 15) is 0 Å².